The molecule has 0 amide bonds. The quantitative estimate of drug-likeness (QED) is 0.816. The molecule has 1 atom stereocenters. The molecule has 0 aliphatic carbocycles. The number of hydrogen-bond donors (Lipinski definition) is 1. The first-order valence-corrected chi connectivity index (χ1v) is 6.75. The summed E-state index contributed by atoms with van der Waals surface area (Å²) in [6, 6.07) is 9.18. The standard InChI is InChI=1S/C15H14BrF2N/c1-9-13(16)4-3-5-15(9)19-10(2)12-7-6-11(17)8-14(12)18/h3-8,10,19H,1-2H3. The van der Waals surface area contributed by atoms with Crippen LogP contribution in [0.3, 0.4) is 0 Å². The van der Waals surface area contributed by atoms with E-state index in [1.54, 1.807) is 0 Å². The van der Waals surface area contributed by atoms with Gasteiger partial charge in [0.2, 0.25) is 0 Å². The summed E-state index contributed by atoms with van der Waals surface area (Å²) in [5, 5.41) is 3.24. The summed E-state index contributed by atoms with van der Waals surface area (Å²) >= 11 is 3.45. The molecule has 1 N–H and O–H groups in total. The van der Waals surface area contributed by atoms with Crippen molar-refractivity contribution >= 4 is 21.6 Å². The van der Waals surface area contributed by atoms with Crippen LogP contribution in [0, 0.1) is 18.6 Å². The van der Waals surface area contributed by atoms with Gasteiger partial charge in [0.05, 0.1) is 6.04 Å². The van der Waals surface area contributed by atoms with Gasteiger partial charge in [-0.2, -0.15) is 0 Å². The minimum absolute atomic E-state index is 0.242. The maximum atomic E-state index is 13.7. The van der Waals surface area contributed by atoms with Crippen LogP contribution < -0.4 is 5.32 Å². The zero-order chi connectivity index (χ0) is 14.0. The smallest absolute Gasteiger partial charge is 0.131 e. The number of nitrogens with one attached hydrogen (secondary N) is 1. The van der Waals surface area contributed by atoms with Gasteiger partial charge in [-0.3, -0.25) is 0 Å². The highest BCUT2D eigenvalue weighted by Crippen LogP contribution is 2.28. The van der Waals surface area contributed by atoms with Gasteiger partial charge in [-0.05, 0) is 37.6 Å². The first-order chi connectivity index (χ1) is 8.99. The highest BCUT2D eigenvalue weighted by molar-refractivity contribution is 9.10. The Hall–Kier alpha value is -1.42. The molecule has 0 aromatic heterocycles. The molecule has 0 heterocycles. The Bertz CT molecular complexity index is 599. The third-order valence-electron chi connectivity index (χ3n) is 3.07. The van der Waals surface area contributed by atoms with Crippen LogP contribution in [-0.2, 0) is 0 Å². The van der Waals surface area contributed by atoms with Gasteiger partial charge in [-0.15, -0.1) is 0 Å². The van der Waals surface area contributed by atoms with Crippen molar-refractivity contribution in [1.29, 1.82) is 0 Å². The minimum atomic E-state index is -0.563. The van der Waals surface area contributed by atoms with Crippen LogP contribution in [0.1, 0.15) is 24.1 Å². The number of rotatable bonds is 3. The van der Waals surface area contributed by atoms with Crippen molar-refractivity contribution in [3.8, 4) is 0 Å². The first kappa shape index (κ1) is 14.0. The Morgan fingerprint density at radius 2 is 1.89 bits per heavy atom. The average molecular weight is 326 g/mol. The maximum Gasteiger partial charge on any atom is 0.131 e. The van der Waals surface area contributed by atoms with Gasteiger partial charge in [0, 0.05) is 21.8 Å². The highest BCUT2D eigenvalue weighted by atomic mass is 79.9. The van der Waals surface area contributed by atoms with Gasteiger partial charge >= 0.3 is 0 Å². The Balaban J connectivity index is 2.25. The molecule has 2 aromatic carbocycles. The summed E-state index contributed by atoms with van der Waals surface area (Å²) in [7, 11) is 0. The first-order valence-electron chi connectivity index (χ1n) is 5.95. The van der Waals surface area contributed by atoms with Crippen molar-refractivity contribution in [2.45, 2.75) is 19.9 Å². The molecule has 0 fully saturated rings. The fourth-order valence-corrected chi connectivity index (χ4v) is 2.29. The van der Waals surface area contributed by atoms with E-state index in [1.807, 2.05) is 32.0 Å². The van der Waals surface area contributed by atoms with Crippen LogP contribution in [0.5, 0.6) is 0 Å². The molecule has 2 aromatic rings. The van der Waals surface area contributed by atoms with Crippen LogP contribution in [0.4, 0.5) is 14.5 Å². The van der Waals surface area contributed by atoms with E-state index in [-0.39, 0.29) is 6.04 Å². The topological polar surface area (TPSA) is 12.0 Å². The fourth-order valence-electron chi connectivity index (χ4n) is 1.93. The van der Waals surface area contributed by atoms with E-state index in [1.165, 1.54) is 12.1 Å². The lowest BCUT2D eigenvalue weighted by molar-refractivity contribution is 0.566. The molecular formula is C15H14BrF2N. The molecule has 100 valence electrons. The second kappa shape index (κ2) is 5.70. The molecule has 1 nitrogen and oxygen atoms in total. The Kier molecular flexibility index (Phi) is 4.20. The normalized spacial score (nSPS) is 12.3. The van der Waals surface area contributed by atoms with E-state index < -0.39 is 11.6 Å². The molecular weight excluding hydrogens is 312 g/mol. The second-order valence-electron chi connectivity index (χ2n) is 4.44. The Labute approximate surface area is 119 Å². The second-order valence-corrected chi connectivity index (χ2v) is 5.30. The van der Waals surface area contributed by atoms with Crippen LogP contribution >= 0.6 is 15.9 Å². The van der Waals surface area contributed by atoms with Crippen molar-refractivity contribution < 1.29 is 8.78 Å². The SMILES string of the molecule is Cc1c(Br)cccc1NC(C)c1ccc(F)cc1F. The molecule has 0 saturated heterocycles. The number of benzene rings is 2. The summed E-state index contributed by atoms with van der Waals surface area (Å²) in [6.07, 6.45) is 0. The van der Waals surface area contributed by atoms with Crippen molar-refractivity contribution in [2.24, 2.45) is 0 Å². The summed E-state index contributed by atoms with van der Waals surface area (Å²) in [5.74, 6) is -1.10. The Morgan fingerprint density at radius 3 is 2.58 bits per heavy atom. The molecule has 0 radical (unpaired) electrons. The average Bonchev–Trinajstić information content (AvgIpc) is 2.34. The van der Waals surface area contributed by atoms with Gasteiger partial charge < -0.3 is 5.32 Å². The van der Waals surface area contributed by atoms with Crippen molar-refractivity contribution in [2.75, 3.05) is 5.32 Å². The van der Waals surface area contributed by atoms with Crippen molar-refractivity contribution in [3.05, 3.63) is 63.6 Å². The zero-order valence-electron chi connectivity index (χ0n) is 10.7. The third kappa shape index (κ3) is 3.13. The van der Waals surface area contributed by atoms with E-state index in [4.69, 9.17) is 0 Å². The van der Waals surface area contributed by atoms with Gasteiger partial charge in [0.15, 0.2) is 0 Å². The van der Waals surface area contributed by atoms with Crippen LogP contribution in [0.15, 0.2) is 40.9 Å². The maximum absolute atomic E-state index is 13.7. The molecule has 0 spiro atoms. The van der Waals surface area contributed by atoms with Crippen LogP contribution in [0.25, 0.3) is 0 Å². The molecule has 0 aliphatic rings. The lowest BCUT2D eigenvalue weighted by Gasteiger charge is -2.18. The van der Waals surface area contributed by atoms with E-state index >= 15 is 0 Å². The molecule has 4 heteroatoms. The number of hydrogen-bond acceptors (Lipinski definition) is 1. The third-order valence-corrected chi connectivity index (χ3v) is 3.93. The van der Waals surface area contributed by atoms with E-state index in [9.17, 15) is 8.78 Å². The van der Waals surface area contributed by atoms with Gasteiger partial charge in [-0.25, -0.2) is 8.78 Å². The number of anilines is 1. The molecule has 0 aliphatic heterocycles. The monoisotopic (exact) mass is 325 g/mol. The van der Waals surface area contributed by atoms with Crippen LogP contribution in [0.2, 0.25) is 0 Å². The van der Waals surface area contributed by atoms with Crippen molar-refractivity contribution in [1.82, 2.24) is 0 Å². The lowest BCUT2D eigenvalue weighted by Crippen LogP contribution is -2.09. The van der Waals surface area contributed by atoms with Crippen molar-refractivity contribution in [3.63, 3.8) is 0 Å². The summed E-state index contributed by atoms with van der Waals surface area (Å²) in [5.41, 5.74) is 2.42. The summed E-state index contributed by atoms with van der Waals surface area (Å²) in [6.45, 7) is 3.82. The van der Waals surface area contributed by atoms with E-state index in [0.717, 1.165) is 21.8 Å². The molecule has 2 rings (SSSR count). The molecule has 0 saturated carbocycles. The van der Waals surface area contributed by atoms with E-state index in [0.29, 0.717) is 5.56 Å². The highest BCUT2D eigenvalue weighted by Gasteiger charge is 2.13. The molecule has 1 unspecified atom stereocenters. The minimum Gasteiger partial charge on any atom is -0.378 e. The fraction of sp³-hybridized carbons (Fsp3) is 0.200. The lowest BCUT2D eigenvalue weighted by atomic mass is 10.1. The Morgan fingerprint density at radius 1 is 1.16 bits per heavy atom. The van der Waals surface area contributed by atoms with Gasteiger partial charge in [0.1, 0.15) is 11.6 Å². The predicted octanol–water partition coefficient (Wildman–Crippen LogP) is 5.21. The van der Waals surface area contributed by atoms with Gasteiger partial charge in [0.25, 0.3) is 0 Å². The molecule has 0 bridgehead atoms. The zero-order valence-corrected chi connectivity index (χ0v) is 12.3. The summed E-state index contributed by atoms with van der Waals surface area (Å²) < 4.78 is 27.6. The summed E-state index contributed by atoms with van der Waals surface area (Å²) in [4.78, 5) is 0. The van der Waals surface area contributed by atoms with Gasteiger partial charge in [-0.1, -0.05) is 28.1 Å². The largest absolute Gasteiger partial charge is 0.378 e. The van der Waals surface area contributed by atoms with E-state index in [2.05, 4.69) is 21.2 Å². The number of halogens is 3. The van der Waals surface area contributed by atoms with Crippen LogP contribution in [-0.4, -0.2) is 0 Å². The predicted molar refractivity (Wildman–Crippen MR) is 77.3 cm³/mol. The molecule has 19 heavy (non-hydrogen) atoms.